The van der Waals surface area contributed by atoms with Gasteiger partial charge in [-0.15, -0.1) is 0 Å². The summed E-state index contributed by atoms with van der Waals surface area (Å²) in [6.45, 7) is 3.24. The van der Waals surface area contributed by atoms with Crippen LogP contribution in [0.2, 0.25) is 0 Å². The lowest BCUT2D eigenvalue weighted by Crippen LogP contribution is -2.27. The quantitative estimate of drug-likeness (QED) is 0.532. The van der Waals surface area contributed by atoms with Crippen LogP contribution in [0.15, 0.2) is 73.1 Å². The highest BCUT2D eigenvalue weighted by atomic mass is 16.2. The molecule has 0 atom stereocenters. The van der Waals surface area contributed by atoms with Crippen LogP contribution in [-0.2, 0) is 13.1 Å². The lowest BCUT2D eigenvalue weighted by molar-refractivity contribution is 0.0780. The molecule has 4 rings (SSSR count). The number of nitrogens with zero attached hydrogens (tertiary/aromatic N) is 4. The second-order valence-corrected chi connectivity index (χ2v) is 6.99. The third-order valence-electron chi connectivity index (χ3n) is 4.81. The average Bonchev–Trinajstić information content (AvgIpc) is 3.05. The highest BCUT2D eigenvalue weighted by molar-refractivity contribution is 5.93. The number of fused-ring (bicyclic) bond motifs is 1. The number of aromatic nitrogens is 3. The molecule has 0 saturated carbocycles. The van der Waals surface area contributed by atoms with Crippen LogP contribution in [0.1, 0.15) is 27.3 Å². The van der Waals surface area contributed by atoms with Crippen molar-refractivity contribution < 1.29 is 4.79 Å². The largest absolute Gasteiger partial charge is 0.334 e. The smallest absolute Gasteiger partial charge is 0.254 e. The molecule has 1 amide bonds. The molecule has 0 aliphatic heterocycles. The molecule has 0 unspecified atom stereocenters. The predicted molar refractivity (Wildman–Crippen MR) is 110 cm³/mol. The normalized spacial score (nSPS) is 10.9. The molecule has 28 heavy (non-hydrogen) atoms. The molecular formula is C23H22N4O. The van der Waals surface area contributed by atoms with Gasteiger partial charge in [0.2, 0.25) is 0 Å². The van der Waals surface area contributed by atoms with Crippen LogP contribution >= 0.6 is 0 Å². The Morgan fingerprint density at radius 2 is 1.82 bits per heavy atom. The molecule has 0 spiro atoms. The fraction of sp³-hybridized carbons (Fsp3) is 0.174. The number of pyridine rings is 1. The van der Waals surface area contributed by atoms with E-state index < -0.39 is 0 Å². The fourth-order valence-electron chi connectivity index (χ4n) is 3.41. The van der Waals surface area contributed by atoms with Crippen molar-refractivity contribution >= 4 is 16.9 Å². The lowest BCUT2D eigenvalue weighted by atomic mass is 10.1. The summed E-state index contributed by atoms with van der Waals surface area (Å²) < 4.78 is 2.19. The van der Waals surface area contributed by atoms with Gasteiger partial charge < -0.3 is 9.47 Å². The molecule has 0 aliphatic rings. The molecule has 0 N–H and O–H groups in total. The van der Waals surface area contributed by atoms with Crippen LogP contribution in [0.4, 0.5) is 0 Å². The first-order chi connectivity index (χ1) is 13.6. The van der Waals surface area contributed by atoms with E-state index in [1.165, 1.54) is 11.1 Å². The second-order valence-electron chi connectivity index (χ2n) is 6.99. The van der Waals surface area contributed by atoms with Gasteiger partial charge in [-0.1, -0.05) is 42.0 Å². The third-order valence-corrected chi connectivity index (χ3v) is 4.81. The number of amides is 1. The zero-order valence-corrected chi connectivity index (χ0v) is 16.0. The van der Waals surface area contributed by atoms with Gasteiger partial charge in [-0.2, -0.15) is 0 Å². The molecule has 0 aliphatic carbocycles. The summed E-state index contributed by atoms with van der Waals surface area (Å²) in [6.07, 6.45) is 3.27. The predicted octanol–water partition coefficient (Wildman–Crippen LogP) is 4.06. The highest BCUT2D eigenvalue weighted by Gasteiger charge is 2.17. The van der Waals surface area contributed by atoms with E-state index in [9.17, 15) is 4.79 Å². The number of rotatable bonds is 5. The first-order valence-electron chi connectivity index (χ1n) is 9.27. The van der Waals surface area contributed by atoms with Gasteiger partial charge in [0.25, 0.3) is 5.91 Å². The summed E-state index contributed by atoms with van der Waals surface area (Å²) >= 11 is 0. The monoisotopic (exact) mass is 370 g/mol. The van der Waals surface area contributed by atoms with Crippen molar-refractivity contribution in [3.63, 3.8) is 0 Å². The molecule has 2 aromatic heterocycles. The molecule has 5 nitrogen and oxygen atoms in total. The minimum atomic E-state index is -0.0449. The summed E-state index contributed by atoms with van der Waals surface area (Å²) in [4.78, 5) is 23.2. The Bertz CT molecular complexity index is 1120. The van der Waals surface area contributed by atoms with Crippen LogP contribution in [0.25, 0.3) is 11.0 Å². The van der Waals surface area contributed by atoms with Crippen LogP contribution < -0.4 is 0 Å². The van der Waals surface area contributed by atoms with Crippen LogP contribution in [0.3, 0.4) is 0 Å². The SMILES string of the molecule is Cc1cccc(Cn2c(CN(C)C(=O)c3ccncc3)nc3ccccc32)c1. The van der Waals surface area contributed by atoms with Crippen molar-refractivity contribution in [2.75, 3.05) is 7.05 Å². The van der Waals surface area contributed by atoms with E-state index in [1.807, 2.05) is 18.2 Å². The van der Waals surface area contributed by atoms with E-state index in [2.05, 4.69) is 46.8 Å². The molecule has 0 radical (unpaired) electrons. The van der Waals surface area contributed by atoms with Gasteiger partial charge in [0.15, 0.2) is 0 Å². The molecule has 0 saturated heterocycles. The highest BCUT2D eigenvalue weighted by Crippen LogP contribution is 2.20. The van der Waals surface area contributed by atoms with E-state index in [1.54, 1.807) is 36.5 Å². The lowest BCUT2D eigenvalue weighted by Gasteiger charge is -2.18. The maximum Gasteiger partial charge on any atom is 0.254 e. The standard InChI is InChI=1S/C23H22N4O/c1-17-6-5-7-18(14-17)15-27-21-9-4-3-8-20(21)25-22(27)16-26(2)23(28)19-10-12-24-13-11-19/h3-14H,15-16H2,1-2H3. The Kier molecular flexibility index (Phi) is 4.89. The molecule has 140 valence electrons. The number of imidazole rings is 1. The Balaban J connectivity index is 1.67. The summed E-state index contributed by atoms with van der Waals surface area (Å²) in [5.74, 6) is 0.823. The summed E-state index contributed by atoms with van der Waals surface area (Å²) in [5.41, 5.74) is 5.08. The fourth-order valence-corrected chi connectivity index (χ4v) is 3.41. The van der Waals surface area contributed by atoms with Gasteiger partial charge in [-0.25, -0.2) is 4.98 Å². The molecule has 0 fully saturated rings. The third kappa shape index (κ3) is 3.64. The summed E-state index contributed by atoms with van der Waals surface area (Å²) in [7, 11) is 1.80. The van der Waals surface area contributed by atoms with Crippen molar-refractivity contribution in [2.24, 2.45) is 0 Å². The Labute approximate surface area is 164 Å². The van der Waals surface area contributed by atoms with Gasteiger partial charge in [0.05, 0.1) is 17.6 Å². The Hall–Kier alpha value is -3.47. The second kappa shape index (κ2) is 7.64. The van der Waals surface area contributed by atoms with Gasteiger partial charge in [0.1, 0.15) is 5.82 Å². The molecular weight excluding hydrogens is 348 g/mol. The van der Waals surface area contributed by atoms with Crippen molar-refractivity contribution in [1.29, 1.82) is 0 Å². The van der Waals surface area contributed by atoms with Crippen molar-refractivity contribution in [1.82, 2.24) is 19.4 Å². The maximum atomic E-state index is 12.7. The number of carbonyl (C=O) groups is 1. The zero-order valence-electron chi connectivity index (χ0n) is 16.0. The van der Waals surface area contributed by atoms with Crippen molar-refractivity contribution in [3.8, 4) is 0 Å². The van der Waals surface area contributed by atoms with Gasteiger partial charge in [-0.05, 0) is 36.8 Å². The van der Waals surface area contributed by atoms with E-state index in [0.29, 0.717) is 12.1 Å². The first-order valence-corrected chi connectivity index (χ1v) is 9.27. The number of carbonyl (C=O) groups excluding carboxylic acids is 1. The van der Waals surface area contributed by atoms with Crippen LogP contribution in [0, 0.1) is 6.92 Å². The average molecular weight is 370 g/mol. The number of hydrogen-bond donors (Lipinski definition) is 0. The first kappa shape index (κ1) is 17.9. The van der Waals surface area contributed by atoms with E-state index in [0.717, 1.165) is 23.4 Å². The molecule has 2 aromatic carbocycles. The number of hydrogen-bond acceptors (Lipinski definition) is 3. The van der Waals surface area contributed by atoms with Crippen molar-refractivity contribution in [3.05, 3.63) is 95.6 Å². The van der Waals surface area contributed by atoms with Crippen LogP contribution in [0.5, 0.6) is 0 Å². The number of aryl methyl sites for hydroxylation is 1. The zero-order chi connectivity index (χ0) is 19.5. The minimum absolute atomic E-state index is 0.0449. The topological polar surface area (TPSA) is 51.0 Å². The molecule has 5 heteroatoms. The van der Waals surface area contributed by atoms with Crippen LogP contribution in [-0.4, -0.2) is 32.4 Å². The van der Waals surface area contributed by atoms with E-state index >= 15 is 0 Å². The number of benzene rings is 2. The molecule has 2 heterocycles. The van der Waals surface area contributed by atoms with Crippen molar-refractivity contribution in [2.45, 2.75) is 20.0 Å². The van der Waals surface area contributed by atoms with Gasteiger partial charge in [0, 0.05) is 31.5 Å². The Morgan fingerprint density at radius 1 is 1.04 bits per heavy atom. The Morgan fingerprint density at radius 3 is 2.61 bits per heavy atom. The van der Waals surface area contributed by atoms with Gasteiger partial charge >= 0.3 is 0 Å². The van der Waals surface area contributed by atoms with E-state index in [4.69, 9.17) is 4.98 Å². The maximum absolute atomic E-state index is 12.7. The minimum Gasteiger partial charge on any atom is -0.334 e. The number of para-hydroxylation sites is 2. The molecule has 0 bridgehead atoms. The summed E-state index contributed by atoms with van der Waals surface area (Å²) in [6, 6.07) is 20.0. The summed E-state index contributed by atoms with van der Waals surface area (Å²) in [5, 5.41) is 0. The van der Waals surface area contributed by atoms with Gasteiger partial charge in [-0.3, -0.25) is 9.78 Å². The van der Waals surface area contributed by atoms with E-state index in [-0.39, 0.29) is 5.91 Å². The molecule has 4 aromatic rings.